The van der Waals surface area contributed by atoms with Crippen molar-refractivity contribution in [1.29, 1.82) is 0 Å². The summed E-state index contributed by atoms with van der Waals surface area (Å²) in [7, 11) is 0. The molecule has 0 radical (unpaired) electrons. The van der Waals surface area contributed by atoms with Crippen LogP contribution in [0.3, 0.4) is 0 Å². The van der Waals surface area contributed by atoms with Gasteiger partial charge in [0.05, 0.1) is 23.6 Å². The van der Waals surface area contributed by atoms with Crippen LogP contribution in [0.1, 0.15) is 0 Å². The molecule has 108 valence electrons. The largest absolute Gasteiger partial charge is 0.471 e. The minimum absolute atomic E-state index is 0.0247. The fourth-order valence-corrected chi connectivity index (χ4v) is 2.28. The lowest BCUT2D eigenvalue weighted by molar-refractivity contribution is -0.167. The molecule has 0 atom stereocenters. The average molecular weight is 314 g/mol. The van der Waals surface area contributed by atoms with Crippen molar-refractivity contribution in [3.8, 4) is 0 Å². The summed E-state index contributed by atoms with van der Waals surface area (Å²) in [5.41, 5.74) is 1.17. The number of hydrogen-bond donors (Lipinski definition) is 2. The smallest absolute Gasteiger partial charge is 0.353 e. The zero-order chi connectivity index (χ0) is 15.2. The van der Waals surface area contributed by atoms with E-state index in [-0.39, 0.29) is 5.69 Å². The van der Waals surface area contributed by atoms with Crippen molar-refractivity contribution in [1.82, 2.24) is 9.97 Å². The van der Waals surface area contributed by atoms with Gasteiger partial charge in [-0.15, -0.1) is 0 Å². The number of rotatable bonds is 1. The Morgan fingerprint density at radius 2 is 2.00 bits per heavy atom. The number of hydrogen-bond acceptors (Lipinski definition) is 2. The van der Waals surface area contributed by atoms with Crippen LogP contribution in [0.15, 0.2) is 30.6 Å². The number of anilines is 1. The third-order valence-corrected chi connectivity index (χ3v) is 3.21. The van der Waals surface area contributed by atoms with Crippen molar-refractivity contribution in [2.75, 3.05) is 5.32 Å². The van der Waals surface area contributed by atoms with Gasteiger partial charge < -0.3 is 10.3 Å². The molecular formula is C13H7ClF3N3O. The number of carbonyl (C=O) groups is 1. The first-order chi connectivity index (χ1) is 9.86. The van der Waals surface area contributed by atoms with Crippen LogP contribution >= 0.6 is 11.6 Å². The molecule has 8 heteroatoms. The van der Waals surface area contributed by atoms with Gasteiger partial charge in [-0.05, 0) is 18.2 Å². The third-order valence-electron chi connectivity index (χ3n) is 2.97. The van der Waals surface area contributed by atoms with E-state index in [0.717, 1.165) is 0 Å². The number of carbonyl (C=O) groups excluding carboxylic acids is 1. The fourth-order valence-electron chi connectivity index (χ4n) is 2.11. The van der Waals surface area contributed by atoms with Crippen LogP contribution in [0.5, 0.6) is 0 Å². The highest BCUT2D eigenvalue weighted by molar-refractivity contribution is 6.32. The number of H-pyrrole nitrogens is 1. The molecule has 0 fully saturated rings. The molecule has 2 heterocycles. The van der Waals surface area contributed by atoms with Gasteiger partial charge in [-0.2, -0.15) is 13.2 Å². The molecule has 2 N–H and O–H groups in total. The molecule has 21 heavy (non-hydrogen) atoms. The Morgan fingerprint density at radius 3 is 2.71 bits per heavy atom. The van der Waals surface area contributed by atoms with Gasteiger partial charge in [0.2, 0.25) is 0 Å². The Balaban J connectivity index is 2.21. The molecule has 0 aliphatic heterocycles. The van der Waals surface area contributed by atoms with Gasteiger partial charge in [-0.1, -0.05) is 11.6 Å². The predicted octanol–water partition coefficient (Wildman–Crippen LogP) is 3.87. The summed E-state index contributed by atoms with van der Waals surface area (Å²) in [6.45, 7) is 0. The average Bonchev–Trinajstić information content (AvgIpc) is 2.76. The summed E-state index contributed by atoms with van der Waals surface area (Å²) < 4.78 is 37.1. The van der Waals surface area contributed by atoms with Crippen LogP contribution in [-0.4, -0.2) is 22.1 Å². The zero-order valence-electron chi connectivity index (χ0n) is 10.3. The highest BCUT2D eigenvalue weighted by atomic mass is 35.5. The number of aromatic nitrogens is 2. The third kappa shape index (κ3) is 2.40. The van der Waals surface area contributed by atoms with E-state index in [1.165, 1.54) is 12.4 Å². The molecule has 0 unspecified atom stereocenters. The van der Waals surface area contributed by atoms with Gasteiger partial charge in [-0.25, -0.2) is 0 Å². The summed E-state index contributed by atoms with van der Waals surface area (Å²) >= 11 is 5.91. The number of nitrogens with one attached hydrogen (secondary N) is 2. The molecule has 2 aromatic heterocycles. The molecule has 0 saturated carbocycles. The summed E-state index contributed by atoms with van der Waals surface area (Å²) in [5, 5.41) is 3.31. The molecule has 3 aromatic rings. The Bertz CT molecular complexity index is 857. The first-order valence-electron chi connectivity index (χ1n) is 5.79. The second-order valence-corrected chi connectivity index (χ2v) is 4.81. The van der Waals surface area contributed by atoms with E-state index in [4.69, 9.17) is 11.6 Å². The minimum Gasteiger partial charge on any atom is -0.353 e. The van der Waals surface area contributed by atoms with Crippen LogP contribution in [0, 0.1) is 0 Å². The maximum atomic E-state index is 12.4. The fraction of sp³-hybridized carbons (Fsp3) is 0.0769. The molecule has 0 saturated heterocycles. The monoisotopic (exact) mass is 313 g/mol. The molecule has 1 amide bonds. The highest BCUT2D eigenvalue weighted by Crippen LogP contribution is 2.33. The molecule has 1 aromatic carbocycles. The Kier molecular flexibility index (Phi) is 3.02. The maximum absolute atomic E-state index is 12.4. The van der Waals surface area contributed by atoms with Crippen LogP contribution < -0.4 is 5.32 Å². The van der Waals surface area contributed by atoms with Crippen LogP contribution in [0.2, 0.25) is 5.02 Å². The van der Waals surface area contributed by atoms with Crippen molar-refractivity contribution in [2.45, 2.75) is 6.18 Å². The Morgan fingerprint density at radius 1 is 1.24 bits per heavy atom. The number of aromatic amines is 1. The molecule has 0 spiro atoms. The van der Waals surface area contributed by atoms with Crippen molar-refractivity contribution in [3.05, 3.63) is 35.6 Å². The van der Waals surface area contributed by atoms with Crippen molar-refractivity contribution >= 4 is 45.0 Å². The second-order valence-electron chi connectivity index (χ2n) is 4.38. The van der Waals surface area contributed by atoms with E-state index >= 15 is 0 Å². The zero-order valence-corrected chi connectivity index (χ0v) is 11.0. The summed E-state index contributed by atoms with van der Waals surface area (Å²) in [6.07, 6.45) is -2.33. The van der Waals surface area contributed by atoms with E-state index < -0.39 is 12.1 Å². The first kappa shape index (κ1) is 13.7. The highest BCUT2D eigenvalue weighted by Gasteiger charge is 2.39. The SMILES string of the molecule is O=C(Nc1cncc2[nH]c3ccc(Cl)cc3c12)C(F)(F)F. The molecule has 0 bridgehead atoms. The molecule has 0 aliphatic carbocycles. The summed E-state index contributed by atoms with van der Waals surface area (Å²) in [6, 6.07) is 4.96. The number of halogens is 4. The summed E-state index contributed by atoms with van der Waals surface area (Å²) in [4.78, 5) is 17.9. The topological polar surface area (TPSA) is 57.8 Å². The normalized spacial score (nSPS) is 12.0. The molecule has 0 aliphatic rings. The number of fused-ring (bicyclic) bond motifs is 3. The minimum atomic E-state index is -4.97. The van der Waals surface area contributed by atoms with Crippen LogP contribution in [0.4, 0.5) is 18.9 Å². The molecular weight excluding hydrogens is 307 g/mol. The Hall–Kier alpha value is -2.28. The molecule has 3 rings (SSSR count). The number of pyridine rings is 1. The second kappa shape index (κ2) is 4.63. The molecule has 4 nitrogen and oxygen atoms in total. The number of alkyl halides is 3. The predicted molar refractivity (Wildman–Crippen MR) is 73.3 cm³/mol. The van der Waals surface area contributed by atoms with Crippen LogP contribution in [0.25, 0.3) is 21.8 Å². The van der Waals surface area contributed by atoms with E-state index in [9.17, 15) is 18.0 Å². The maximum Gasteiger partial charge on any atom is 0.471 e. The van der Waals surface area contributed by atoms with E-state index in [1.807, 2.05) is 5.32 Å². The first-order valence-corrected chi connectivity index (χ1v) is 6.17. The van der Waals surface area contributed by atoms with Gasteiger partial charge in [-0.3, -0.25) is 9.78 Å². The van der Waals surface area contributed by atoms with Crippen molar-refractivity contribution in [2.24, 2.45) is 0 Å². The van der Waals surface area contributed by atoms with Gasteiger partial charge in [0.15, 0.2) is 0 Å². The standard InChI is InChI=1S/C13H7ClF3N3O/c14-6-1-2-8-7(3-6)11-9(19-8)4-18-5-10(11)20-12(21)13(15,16)17/h1-5,19H,(H,20,21). The van der Waals surface area contributed by atoms with E-state index in [1.54, 1.807) is 18.2 Å². The van der Waals surface area contributed by atoms with Gasteiger partial charge in [0.25, 0.3) is 0 Å². The van der Waals surface area contributed by atoms with Crippen LogP contribution in [-0.2, 0) is 4.79 Å². The van der Waals surface area contributed by atoms with E-state index in [2.05, 4.69) is 9.97 Å². The number of benzene rings is 1. The lowest BCUT2D eigenvalue weighted by Crippen LogP contribution is -2.30. The van der Waals surface area contributed by atoms with Crippen molar-refractivity contribution in [3.63, 3.8) is 0 Å². The summed E-state index contributed by atoms with van der Waals surface area (Å²) in [5.74, 6) is -2.05. The van der Waals surface area contributed by atoms with Gasteiger partial charge in [0, 0.05) is 21.3 Å². The van der Waals surface area contributed by atoms with E-state index in [0.29, 0.717) is 26.8 Å². The number of amides is 1. The number of nitrogens with zero attached hydrogens (tertiary/aromatic N) is 1. The quantitative estimate of drug-likeness (QED) is 0.716. The lowest BCUT2D eigenvalue weighted by atomic mass is 10.1. The van der Waals surface area contributed by atoms with Crippen molar-refractivity contribution < 1.29 is 18.0 Å². The Labute approximate surface area is 120 Å². The van der Waals surface area contributed by atoms with Gasteiger partial charge in [0.1, 0.15) is 0 Å². The van der Waals surface area contributed by atoms with Gasteiger partial charge >= 0.3 is 12.1 Å². The lowest BCUT2D eigenvalue weighted by Gasteiger charge is -2.08.